The molecule has 2 fully saturated rings. The zero-order valence-corrected chi connectivity index (χ0v) is 11.5. The molecule has 1 atom stereocenters. The van der Waals surface area contributed by atoms with Crippen molar-refractivity contribution >= 4 is 17.1 Å². The van der Waals surface area contributed by atoms with E-state index in [4.69, 9.17) is 5.73 Å². The highest BCUT2D eigenvalue weighted by molar-refractivity contribution is 5.77. The number of nitrogens with two attached hydrogens (primary N) is 1. The molecule has 19 heavy (non-hydrogen) atoms. The van der Waals surface area contributed by atoms with Crippen molar-refractivity contribution in [1.29, 1.82) is 0 Å². The van der Waals surface area contributed by atoms with Crippen molar-refractivity contribution in [2.75, 3.05) is 18.8 Å². The first kappa shape index (κ1) is 11.3. The standard InChI is InChI=1S/C13H20N6/c1-8-11-12(17(2)16-8)19(13(14)15-11)10-5-6-18(7-10)9-3-4-9/h9-10H,3-7H2,1-2H3,(H2,14,15). The van der Waals surface area contributed by atoms with Crippen LogP contribution in [-0.4, -0.2) is 43.4 Å². The lowest BCUT2D eigenvalue weighted by atomic mass is 10.2. The first-order valence-electron chi connectivity index (χ1n) is 7.06. The summed E-state index contributed by atoms with van der Waals surface area (Å²) in [6.07, 6.45) is 3.90. The third-order valence-electron chi connectivity index (χ3n) is 4.49. The van der Waals surface area contributed by atoms with Crippen molar-refractivity contribution in [3.8, 4) is 0 Å². The molecule has 4 rings (SSSR count). The minimum absolute atomic E-state index is 0.445. The molecule has 1 saturated carbocycles. The average molecular weight is 260 g/mol. The number of hydrogen-bond acceptors (Lipinski definition) is 4. The smallest absolute Gasteiger partial charge is 0.202 e. The van der Waals surface area contributed by atoms with Crippen LogP contribution in [0.4, 0.5) is 5.95 Å². The Morgan fingerprint density at radius 3 is 2.74 bits per heavy atom. The van der Waals surface area contributed by atoms with E-state index in [1.54, 1.807) is 0 Å². The van der Waals surface area contributed by atoms with E-state index in [0.717, 1.165) is 35.9 Å². The quantitative estimate of drug-likeness (QED) is 0.877. The molecule has 0 amide bonds. The predicted octanol–water partition coefficient (Wildman–Crippen LogP) is 1.07. The molecular weight excluding hydrogens is 240 g/mol. The van der Waals surface area contributed by atoms with Crippen LogP contribution >= 0.6 is 0 Å². The molecule has 2 aromatic heterocycles. The molecule has 0 bridgehead atoms. The Bertz CT molecular complexity index is 635. The predicted molar refractivity (Wildman–Crippen MR) is 73.9 cm³/mol. The van der Waals surface area contributed by atoms with Gasteiger partial charge in [-0.3, -0.25) is 14.1 Å². The number of nitrogens with zero attached hydrogens (tertiary/aromatic N) is 5. The topological polar surface area (TPSA) is 64.9 Å². The monoisotopic (exact) mass is 260 g/mol. The van der Waals surface area contributed by atoms with E-state index in [1.165, 1.54) is 19.4 Å². The largest absolute Gasteiger partial charge is 0.369 e. The molecule has 102 valence electrons. The number of fused-ring (bicyclic) bond motifs is 1. The van der Waals surface area contributed by atoms with E-state index in [1.807, 2.05) is 18.7 Å². The first-order chi connectivity index (χ1) is 9.15. The Hall–Kier alpha value is -1.56. The minimum atomic E-state index is 0.445. The fourth-order valence-electron chi connectivity index (χ4n) is 3.42. The number of likely N-dealkylation sites (tertiary alicyclic amines) is 1. The lowest BCUT2D eigenvalue weighted by Crippen LogP contribution is -2.24. The molecule has 0 aromatic carbocycles. The summed E-state index contributed by atoms with van der Waals surface area (Å²) in [4.78, 5) is 7.10. The molecule has 0 radical (unpaired) electrons. The van der Waals surface area contributed by atoms with Gasteiger partial charge in [-0.15, -0.1) is 0 Å². The summed E-state index contributed by atoms with van der Waals surface area (Å²) < 4.78 is 4.10. The van der Waals surface area contributed by atoms with Gasteiger partial charge >= 0.3 is 0 Å². The van der Waals surface area contributed by atoms with E-state index in [-0.39, 0.29) is 0 Å². The molecule has 1 aliphatic carbocycles. The van der Waals surface area contributed by atoms with Crippen LogP contribution < -0.4 is 5.73 Å². The Kier molecular flexibility index (Phi) is 2.21. The van der Waals surface area contributed by atoms with E-state index in [9.17, 15) is 0 Å². The number of hydrogen-bond donors (Lipinski definition) is 1. The molecule has 6 nitrogen and oxygen atoms in total. The Labute approximate surface area is 112 Å². The molecule has 1 unspecified atom stereocenters. The zero-order valence-electron chi connectivity index (χ0n) is 11.5. The molecule has 2 aliphatic rings. The van der Waals surface area contributed by atoms with Gasteiger partial charge in [-0.1, -0.05) is 0 Å². The highest BCUT2D eigenvalue weighted by Crippen LogP contribution is 2.36. The van der Waals surface area contributed by atoms with Gasteiger partial charge in [0.15, 0.2) is 5.65 Å². The van der Waals surface area contributed by atoms with Gasteiger partial charge in [-0.2, -0.15) is 5.10 Å². The fourth-order valence-corrected chi connectivity index (χ4v) is 3.42. The number of aromatic nitrogens is 4. The van der Waals surface area contributed by atoms with Crippen LogP contribution in [0.2, 0.25) is 0 Å². The minimum Gasteiger partial charge on any atom is -0.369 e. The maximum absolute atomic E-state index is 6.14. The third kappa shape index (κ3) is 1.59. The second-order valence-electron chi connectivity index (χ2n) is 5.89. The third-order valence-corrected chi connectivity index (χ3v) is 4.49. The van der Waals surface area contributed by atoms with Crippen molar-refractivity contribution < 1.29 is 0 Å². The van der Waals surface area contributed by atoms with Crippen molar-refractivity contribution in [2.24, 2.45) is 7.05 Å². The number of imidazole rings is 1. The van der Waals surface area contributed by atoms with Crippen LogP contribution in [0.1, 0.15) is 31.0 Å². The maximum Gasteiger partial charge on any atom is 0.202 e. The van der Waals surface area contributed by atoms with Crippen LogP contribution in [0.25, 0.3) is 11.2 Å². The SMILES string of the molecule is Cc1nn(C)c2c1nc(N)n2C1CCN(C2CC2)C1. The van der Waals surface area contributed by atoms with Crippen LogP contribution in [-0.2, 0) is 7.05 Å². The summed E-state index contributed by atoms with van der Waals surface area (Å²) in [5.74, 6) is 0.633. The molecular formula is C13H20N6. The number of nitrogen functional groups attached to an aromatic ring is 1. The Morgan fingerprint density at radius 1 is 1.21 bits per heavy atom. The van der Waals surface area contributed by atoms with Crippen LogP contribution in [0.5, 0.6) is 0 Å². The summed E-state index contributed by atoms with van der Waals surface area (Å²) in [5.41, 5.74) is 9.12. The van der Waals surface area contributed by atoms with Gasteiger partial charge in [0.25, 0.3) is 0 Å². The molecule has 0 spiro atoms. The van der Waals surface area contributed by atoms with Crippen molar-refractivity contribution in [3.63, 3.8) is 0 Å². The molecule has 1 aliphatic heterocycles. The Balaban J connectivity index is 1.76. The number of rotatable bonds is 2. The summed E-state index contributed by atoms with van der Waals surface area (Å²) in [6.45, 7) is 4.28. The fraction of sp³-hybridized carbons (Fsp3) is 0.692. The normalized spacial score (nSPS) is 24.6. The average Bonchev–Trinajstić information content (AvgIpc) is 2.91. The molecule has 6 heteroatoms. The van der Waals surface area contributed by atoms with Gasteiger partial charge in [0, 0.05) is 26.2 Å². The molecule has 1 saturated heterocycles. The van der Waals surface area contributed by atoms with Gasteiger partial charge in [0.05, 0.1) is 11.7 Å². The molecule has 3 heterocycles. The number of aryl methyl sites for hydroxylation is 2. The van der Waals surface area contributed by atoms with E-state index in [0.29, 0.717) is 12.0 Å². The summed E-state index contributed by atoms with van der Waals surface area (Å²) >= 11 is 0. The lowest BCUT2D eigenvalue weighted by Gasteiger charge is -2.17. The van der Waals surface area contributed by atoms with Gasteiger partial charge in [0.2, 0.25) is 5.95 Å². The summed E-state index contributed by atoms with van der Waals surface area (Å²) in [6, 6.07) is 1.28. The second-order valence-corrected chi connectivity index (χ2v) is 5.89. The van der Waals surface area contributed by atoms with Crippen molar-refractivity contribution in [1.82, 2.24) is 24.2 Å². The summed E-state index contributed by atoms with van der Waals surface area (Å²) in [7, 11) is 1.97. The van der Waals surface area contributed by atoms with E-state index < -0.39 is 0 Å². The number of anilines is 1. The highest BCUT2D eigenvalue weighted by atomic mass is 15.4. The van der Waals surface area contributed by atoms with E-state index in [2.05, 4.69) is 19.5 Å². The Morgan fingerprint density at radius 2 is 2.00 bits per heavy atom. The van der Waals surface area contributed by atoms with Crippen LogP contribution in [0.3, 0.4) is 0 Å². The van der Waals surface area contributed by atoms with Crippen molar-refractivity contribution in [3.05, 3.63) is 5.69 Å². The van der Waals surface area contributed by atoms with Gasteiger partial charge in [-0.05, 0) is 26.2 Å². The maximum atomic E-state index is 6.14. The van der Waals surface area contributed by atoms with Gasteiger partial charge in [0.1, 0.15) is 5.52 Å². The van der Waals surface area contributed by atoms with Crippen molar-refractivity contribution in [2.45, 2.75) is 38.3 Å². The molecule has 2 N–H and O–H groups in total. The summed E-state index contributed by atoms with van der Waals surface area (Å²) in [5, 5.41) is 4.45. The first-order valence-corrected chi connectivity index (χ1v) is 7.06. The second kappa shape index (κ2) is 3.72. The highest BCUT2D eigenvalue weighted by Gasteiger charge is 2.36. The lowest BCUT2D eigenvalue weighted by molar-refractivity contribution is 0.315. The molecule has 2 aromatic rings. The van der Waals surface area contributed by atoms with Crippen LogP contribution in [0, 0.1) is 6.92 Å². The van der Waals surface area contributed by atoms with Gasteiger partial charge in [-0.25, -0.2) is 4.98 Å². The zero-order chi connectivity index (χ0) is 13.1. The van der Waals surface area contributed by atoms with Gasteiger partial charge < -0.3 is 5.73 Å². The van der Waals surface area contributed by atoms with E-state index >= 15 is 0 Å². The van der Waals surface area contributed by atoms with Crippen LogP contribution in [0.15, 0.2) is 0 Å².